The van der Waals surface area contributed by atoms with Crippen LogP contribution in [-0.2, 0) is 0 Å². The molecule has 0 atom stereocenters. The van der Waals surface area contributed by atoms with Crippen molar-refractivity contribution in [3.05, 3.63) is 0 Å². The van der Waals surface area contributed by atoms with E-state index in [-0.39, 0.29) is 11.4 Å². The lowest BCUT2D eigenvalue weighted by molar-refractivity contribution is 0.171. The van der Waals surface area contributed by atoms with E-state index in [2.05, 4.69) is 26.1 Å². The molecule has 4 nitrogen and oxygen atoms in total. The van der Waals surface area contributed by atoms with Gasteiger partial charge in [-0.25, -0.2) is 4.79 Å². The van der Waals surface area contributed by atoms with Crippen molar-refractivity contribution in [2.75, 3.05) is 26.7 Å². The molecule has 84 valence electrons. The van der Waals surface area contributed by atoms with Crippen LogP contribution in [0, 0.1) is 5.41 Å². The van der Waals surface area contributed by atoms with Crippen LogP contribution < -0.4 is 11.1 Å². The zero-order chi connectivity index (χ0) is 11.2. The molecule has 14 heavy (non-hydrogen) atoms. The van der Waals surface area contributed by atoms with Crippen molar-refractivity contribution in [1.29, 1.82) is 0 Å². The molecule has 0 aliphatic heterocycles. The van der Waals surface area contributed by atoms with Crippen LogP contribution >= 0.6 is 0 Å². The topological polar surface area (TPSA) is 58.4 Å². The number of rotatable bonds is 5. The van der Waals surface area contributed by atoms with E-state index in [9.17, 15) is 4.79 Å². The third kappa shape index (κ3) is 4.46. The number of hydrogen-bond donors (Lipinski definition) is 2. The van der Waals surface area contributed by atoms with Gasteiger partial charge in [0, 0.05) is 20.1 Å². The first-order chi connectivity index (χ1) is 6.46. The van der Waals surface area contributed by atoms with Crippen LogP contribution in [0.3, 0.4) is 0 Å². The monoisotopic (exact) mass is 201 g/mol. The molecule has 0 spiro atoms. The number of hydrogen-bond acceptors (Lipinski definition) is 2. The lowest BCUT2D eigenvalue weighted by atomic mass is 9.93. The molecule has 0 aromatic carbocycles. The number of carbonyl (C=O) groups is 1. The maximum Gasteiger partial charge on any atom is 0.317 e. The molecule has 0 saturated carbocycles. The maximum absolute atomic E-state index is 11.5. The van der Waals surface area contributed by atoms with Crippen LogP contribution in [0.1, 0.15) is 27.2 Å². The fraction of sp³-hybridized carbons (Fsp3) is 0.900. The van der Waals surface area contributed by atoms with E-state index in [0.29, 0.717) is 13.1 Å². The minimum absolute atomic E-state index is 0.0122. The SMILES string of the molecule is CCCN(CC(C)(C)CN)C(=O)NC. The van der Waals surface area contributed by atoms with E-state index in [1.807, 2.05) is 4.90 Å². The van der Waals surface area contributed by atoms with Crippen molar-refractivity contribution in [1.82, 2.24) is 10.2 Å². The zero-order valence-electron chi connectivity index (χ0n) is 9.76. The van der Waals surface area contributed by atoms with Crippen molar-refractivity contribution < 1.29 is 4.79 Å². The molecule has 0 radical (unpaired) electrons. The lowest BCUT2D eigenvalue weighted by Gasteiger charge is -2.31. The van der Waals surface area contributed by atoms with Crippen molar-refractivity contribution in [2.24, 2.45) is 11.1 Å². The highest BCUT2D eigenvalue weighted by Gasteiger charge is 2.22. The molecular weight excluding hydrogens is 178 g/mol. The Morgan fingerprint density at radius 3 is 2.43 bits per heavy atom. The third-order valence-electron chi connectivity index (χ3n) is 2.17. The average Bonchev–Trinajstić information content (AvgIpc) is 2.16. The molecule has 2 amide bonds. The molecule has 3 N–H and O–H groups in total. The Hall–Kier alpha value is -0.770. The third-order valence-corrected chi connectivity index (χ3v) is 2.17. The Kier molecular flexibility index (Phi) is 5.53. The summed E-state index contributed by atoms with van der Waals surface area (Å²) in [7, 11) is 1.65. The largest absolute Gasteiger partial charge is 0.341 e. The van der Waals surface area contributed by atoms with Gasteiger partial charge in [-0.2, -0.15) is 0 Å². The molecule has 0 aliphatic rings. The second-order valence-corrected chi connectivity index (χ2v) is 4.35. The van der Waals surface area contributed by atoms with E-state index in [1.54, 1.807) is 7.05 Å². The van der Waals surface area contributed by atoms with Gasteiger partial charge < -0.3 is 16.0 Å². The zero-order valence-corrected chi connectivity index (χ0v) is 9.76. The van der Waals surface area contributed by atoms with Gasteiger partial charge >= 0.3 is 6.03 Å². The molecule has 0 rings (SSSR count). The predicted molar refractivity (Wildman–Crippen MR) is 59.2 cm³/mol. The summed E-state index contributed by atoms with van der Waals surface area (Å²) in [4.78, 5) is 13.3. The Morgan fingerprint density at radius 1 is 1.50 bits per heavy atom. The minimum atomic E-state index is -0.0200. The first kappa shape index (κ1) is 13.2. The standard InChI is InChI=1S/C10H23N3O/c1-5-6-13(9(14)12-4)8-10(2,3)7-11/h5-8,11H2,1-4H3,(H,12,14). The number of urea groups is 1. The summed E-state index contributed by atoms with van der Waals surface area (Å²) in [5.41, 5.74) is 5.62. The second kappa shape index (κ2) is 5.86. The molecule has 0 aromatic rings. The molecule has 0 aromatic heterocycles. The van der Waals surface area contributed by atoms with E-state index in [4.69, 9.17) is 5.73 Å². The molecule has 0 unspecified atom stereocenters. The van der Waals surface area contributed by atoms with Crippen LogP contribution in [-0.4, -0.2) is 37.6 Å². The first-order valence-corrected chi connectivity index (χ1v) is 5.13. The van der Waals surface area contributed by atoms with E-state index >= 15 is 0 Å². The minimum Gasteiger partial charge on any atom is -0.341 e. The summed E-state index contributed by atoms with van der Waals surface area (Å²) in [6.45, 7) is 8.27. The lowest BCUT2D eigenvalue weighted by Crippen LogP contribution is -2.45. The molecule has 0 bridgehead atoms. The van der Waals surface area contributed by atoms with Gasteiger partial charge in [-0.1, -0.05) is 20.8 Å². The molecular formula is C10H23N3O. The summed E-state index contributed by atoms with van der Waals surface area (Å²) < 4.78 is 0. The molecule has 0 fully saturated rings. The summed E-state index contributed by atoms with van der Waals surface area (Å²) in [5.74, 6) is 0. The Morgan fingerprint density at radius 2 is 2.07 bits per heavy atom. The Labute approximate surface area is 86.8 Å². The highest BCUT2D eigenvalue weighted by atomic mass is 16.2. The van der Waals surface area contributed by atoms with E-state index in [0.717, 1.165) is 13.0 Å². The van der Waals surface area contributed by atoms with Crippen LogP contribution in [0.5, 0.6) is 0 Å². The van der Waals surface area contributed by atoms with Gasteiger partial charge in [0.2, 0.25) is 0 Å². The Bertz CT molecular complexity index is 180. The van der Waals surface area contributed by atoms with Gasteiger partial charge in [0.25, 0.3) is 0 Å². The number of nitrogens with zero attached hydrogens (tertiary/aromatic N) is 1. The quantitative estimate of drug-likeness (QED) is 0.698. The number of amides is 2. The van der Waals surface area contributed by atoms with Gasteiger partial charge in [0.15, 0.2) is 0 Å². The van der Waals surface area contributed by atoms with E-state index < -0.39 is 0 Å². The maximum atomic E-state index is 11.5. The van der Waals surface area contributed by atoms with Crippen LogP contribution in [0.15, 0.2) is 0 Å². The number of carbonyl (C=O) groups excluding carboxylic acids is 1. The molecule has 0 aliphatic carbocycles. The summed E-state index contributed by atoms with van der Waals surface area (Å²) in [6.07, 6.45) is 0.966. The predicted octanol–water partition coefficient (Wildman–Crippen LogP) is 1.02. The van der Waals surface area contributed by atoms with Crippen molar-refractivity contribution in [3.63, 3.8) is 0 Å². The van der Waals surface area contributed by atoms with Crippen molar-refractivity contribution >= 4 is 6.03 Å². The number of nitrogens with two attached hydrogens (primary N) is 1. The van der Waals surface area contributed by atoms with Crippen molar-refractivity contribution in [3.8, 4) is 0 Å². The average molecular weight is 201 g/mol. The highest BCUT2D eigenvalue weighted by molar-refractivity contribution is 5.73. The van der Waals surface area contributed by atoms with Gasteiger partial charge in [-0.3, -0.25) is 0 Å². The highest BCUT2D eigenvalue weighted by Crippen LogP contribution is 2.14. The second-order valence-electron chi connectivity index (χ2n) is 4.35. The fourth-order valence-electron chi connectivity index (χ4n) is 1.26. The van der Waals surface area contributed by atoms with Crippen LogP contribution in [0.2, 0.25) is 0 Å². The first-order valence-electron chi connectivity index (χ1n) is 5.13. The van der Waals surface area contributed by atoms with E-state index in [1.165, 1.54) is 0 Å². The molecule has 0 heterocycles. The van der Waals surface area contributed by atoms with Crippen LogP contribution in [0.4, 0.5) is 4.79 Å². The van der Waals surface area contributed by atoms with Gasteiger partial charge in [-0.15, -0.1) is 0 Å². The molecule has 4 heteroatoms. The number of nitrogens with one attached hydrogen (secondary N) is 1. The Balaban J connectivity index is 4.29. The van der Waals surface area contributed by atoms with Crippen molar-refractivity contribution in [2.45, 2.75) is 27.2 Å². The van der Waals surface area contributed by atoms with Gasteiger partial charge in [0.05, 0.1) is 0 Å². The summed E-state index contributed by atoms with van der Waals surface area (Å²) >= 11 is 0. The summed E-state index contributed by atoms with van der Waals surface area (Å²) in [5, 5.41) is 2.64. The smallest absolute Gasteiger partial charge is 0.317 e. The summed E-state index contributed by atoms with van der Waals surface area (Å²) in [6, 6.07) is -0.0200. The van der Waals surface area contributed by atoms with Crippen LogP contribution in [0.25, 0.3) is 0 Å². The van der Waals surface area contributed by atoms with Gasteiger partial charge in [-0.05, 0) is 18.4 Å². The fourth-order valence-corrected chi connectivity index (χ4v) is 1.26. The molecule has 0 saturated heterocycles. The normalized spacial score (nSPS) is 11.2. The van der Waals surface area contributed by atoms with Gasteiger partial charge in [0.1, 0.15) is 0 Å².